The Bertz CT molecular complexity index is 835. The van der Waals surface area contributed by atoms with E-state index in [1.165, 1.54) is 7.11 Å². The summed E-state index contributed by atoms with van der Waals surface area (Å²) in [6.07, 6.45) is 3.99. The zero-order chi connectivity index (χ0) is 19.9. The van der Waals surface area contributed by atoms with E-state index in [1.807, 2.05) is 6.92 Å². The number of halogens is 1. The van der Waals surface area contributed by atoms with E-state index in [1.54, 1.807) is 29.1 Å². The number of hydrogen-bond acceptors (Lipinski definition) is 6. The van der Waals surface area contributed by atoms with Gasteiger partial charge >= 0.3 is 0 Å². The quantitative estimate of drug-likeness (QED) is 0.628. The summed E-state index contributed by atoms with van der Waals surface area (Å²) in [7, 11) is 1.47. The van der Waals surface area contributed by atoms with E-state index < -0.39 is 0 Å². The highest BCUT2D eigenvalue weighted by atomic mass is 35.5. The van der Waals surface area contributed by atoms with Gasteiger partial charge in [0.15, 0.2) is 5.69 Å². The average molecular weight is 423 g/mol. The Morgan fingerprint density at radius 3 is 2.86 bits per heavy atom. The SMILES string of the molecule is COCC(=O)Nc1ccc(NC(=O)c2cn(CC3CCCNC3)nn2)cc1C.Cl. The summed E-state index contributed by atoms with van der Waals surface area (Å²) in [6, 6.07) is 5.26. The third kappa shape index (κ3) is 6.52. The van der Waals surface area contributed by atoms with Crippen LogP contribution in [0.15, 0.2) is 24.4 Å². The summed E-state index contributed by atoms with van der Waals surface area (Å²) < 4.78 is 6.53. The van der Waals surface area contributed by atoms with Crippen molar-refractivity contribution >= 4 is 35.6 Å². The number of nitrogens with zero attached hydrogens (tertiary/aromatic N) is 3. The normalized spacial score (nSPS) is 16.0. The molecule has 158 valence electrons. The summed E-state index contributed by atoms with van der Waals surface area (Å²) in [5.41, 5.74) is 2.40. The number of rotatable bonds is 7. The fourth-order valence-corrected chi connectivity index (χ4v) is 3.23. The first-order valence-corrected chi connectivity index (χ1v) is 9.37. The lowest BCUT2D eigenvalue weighted by atomic mass is 10.00. The number of aryl methyl sites for hydroxylation is 1. The first-order valence-electron chi connectivity index (χ1n) is 9.37. The van der Waals surface area contributed by atoms with Gasteiger partial charge in [-0.2, -0.15) is 0 Å². The van der Waals surface area contributed by atoms with Gasteiger partial charge in [-0.15, -0.1) is 17.5 Å². The lowest BCUT2D eigenvalue weighted by molar-refractivity contribution is -0.119. The maximum absolute atomic E-state index is 12.5. The predicted molar refractivity (Wildman–Crippen MR) is 113 cm³/mol. The van der Waals surface area contributed by atoms with Gasteiger partial charge in [0.1, 0.15) is 6.61 Å². The van der Waals surface area contributed by atoms with E-state index in [-0.39, 0.29) is 36.5 Å². The summed E-state index contributed by atoms with van der Waals surface area (Å²) in [5, 5.41) is 17.0. The summed E-state index contributed by atoms with van der Waals surface area (Å²) >= 11 is 0. The fraction of sp³-hybridized carbons (Fsp3) is 0.474. The molecule has 1 aromatic carbocycles. The van der Waals surface area contributed by atoms with Crippen LogP contribution in [0.5, 0.6) is 0 Å². The van der Waals surface area contributed by atoms with Crippen molar-refractivity contribution in [3.05, 3.63) is 35.7 Å². The number of ether oxygens (including phenoxy) is 1. The Balaban J connectivity index is 0.00000300. The molecule has 2 aromatic rings. The van der Waals surface area contributed by atoms with Gasteiger partial charge in [0, 0.05) is 25.0 Å². The topological polar surface area (TPSA) is 110 Å². The molecule has 0 saturated carbocycles. The van der Waals surface area contributed by atoms with Gasteiger partial charge in [0.25, 0.3) is 5.91 Å². The van der Waals surface area contributed by atoms with Crippen LogP contribution in [0.1, 0.15) is 28.9 Å². The Kier molecular flexibility index (Phi) is 8.56. The van der Waals surface area contributed by atoms with E-state index in [4.69, 9.17) is 4.74 Å². The summed E-state index contributed by atoms with van der Waals surface area (Å²) in [5.74, 6) is -0.0365. The highest BCUT2D eigenvalue weighted by Gasteiger charge is 2.16. The minimum absolute atomic E-state index is 0. The van der Waals surface area contributed by atoms with Crippen LogP contribution < -0.4 is 16.0 Å². The Morgan fingerprint density at radius 2 is 2.17 bits per heavy atom. The maximum atomic E-state index is 12.5. The third-order valence-electron chi connectivity index (χ3n) is 4.65. The van der Waals surface area contributed by atoms with Crippen LogP contribution in [-0.2, 0) is 16.1 Å². The number of anilines is 2. The number of nitrogens with one attached hydrogen (secondary N) is 3. The number of aromatic nitrogens is 3. The molecule has 1 aromatic heterocycles. The Labute approximate surface area is 176 Å². The number of benzene rings is 1. The third-order valence-corrected chi connectivity index (χ3v) is 4.65. The molecule has 3 N–H and O–H groups in total. The van der Waals surface area contributed by atoms with Crippen molar-refractivity contribution in [1.82, 2.24) is 20.3 Å². The predicted octanol–water partition coefficient (Wildman–Crippen LogP) is 1.85. The van der Waals surface area contributed by atoms with Gasteiger partial charge in [0.2, 0.25) is 5.91 Å². The molecule has 0 spiro atoms. The minimum atomic E-state index is -0.316. The zero-order valence-electron chi connectivity index (χ0n) is 16.6. The van der Waals surface area contributed by atoms with Gasteiger partial charge < -0.3 is 20.7 Å². The Hall–Kier alpha value is -2.49. The fourth-order valence-electron chi connectivity index (χ4n) is 3.23. The molecule has 1 atom stereocenters. The summed E-state index contributed by atoms with van der Waals surface area (Å²) in [6.45, 7) is 4.63. The second-order valence-electron chi connectivity index (χ2n) is 7.00. The Morgan fingerprint density at radius 1 is 1.34 bits per heavy atom. The average Bonchev–Trinajstić information content (AvgIpc) is 3.14. The second-order valence-corrected chi connectivity index (χ2v) is 7.00. The van der Waals surface area contributed by atoms with Crippen LogP contribution in [0, 0.1) is 12.8 Å². The molecule has 1 aliphatic rings. The van der Waals surface area contributed by atoms with Crippen molar-refractivity contribution in [2.75, 3.05) is 37.4 Å². The first kappa shape index (κ1) is 22.8. The molecule has 3 rings (SSSR count). The monoisotopic (exact) mass is 422 g/mol. The zero-order valence-corrected chi connectivity index (χ0v) is 17.4. The van der Waals surface area contributed by atoms with Crippen LogP contribution in [-0.4, -0.2) is 53.6 Å². The van der Waals surface area contributed by atoms with Gasteiger partial charge in [-0.3, -0.25) is 14.3 Å². The molecule has 1 unspecified atom stereocenters. The lowest BCUT2D eigenvalue weighted by Crippen LogP contribution is -2.32. The number of piperidine rings is 1. The molecule has 0 bridgehead atoms. The summed E-state index contributed by atoms with van der Waals surface area (Å²) in [4.78, 5) is 24.1. The lowest BCUT2D eigenvalue weighted by Gasteiger charge is -2.22. The number of carbonyl (C=O) groups is 2. The number of hydrogen-bond donors (Lipinski definition) is 3. The van der Waals surface area contributed by atoms with Crippen LogP contribution >= 0.6 is 12.4 Å². The molecule has 0 radical (unpaired) electrons. The van der Waals surface area contributed by atoms with Crippen molar-refractivity contribution < 1.29 is 14.3 Å². The standard InChI is InChI=1S/C19H26N6O3.ClH/c1-13-8-15(5-6-16(13)22-18(26)12-28-2)21-19(27)17-11-25(24-23-17)10-14-4-3-7-20-9-14;/h5-6,8,11,14,20H,3-4,7,9-10,12H2,1-2H3,(H,21,27)(H,22,26);1H. The van der Waals surface area contributed by atoms with Crippen molar-refractivity contribution in [3.63, 3.8) is 0 Å². The molecule has 2 heterocycles. The van der Waals surface area contributed by atoms with Gasteiger partial charge in [-0.05, 0) is 62.5 Å². The largest absolute Gasteiger partial charge is 0.375 e. The molecule has 2 amide bonds. The highest BCUT2D eigenvalue weighted by Crippen LogP contribution is 2.20. The number of amides is 2. The van der Waals surface area contributed by atoms with Crippen molar-refractivity contribution in [2.24, 2.45) is 5.92 Å². The van der Waals surface area contributed by atoms with E-state index in [0.717, 1.165) is 38.0 Å². The van der Waals surface area contributed by atoms with E-state index in [2.05, 4.69) is 26.3 Å². The molecule has 1 saturated heterocycles. The van der Waals surface area contributed by atoms with E-state index in [0.29, 0.717) is 17.3 Å². The van der Waals surface area contributed by atoms with Gasteiger partial charge in [0.05, 0.1) is 6.20 Å². The van der Waals surface area contributed by atoms with Crippen LogP contribution in [0.3, 0.4) is 0 Å². The number of methoxy groups -OCH3 is 1. The van der Waals surface area contributed by atoms with Crippen molar-refractivity contribution in [2.45, 2.75) is 26.3 Å². The van der Waals surface area contributed by atoms with Gasteiger partial charge in [-0.25, -0.2) is 0 Å². The number of carbonyl (C=O) groups excluding carboxylic acids is 2. The maximum Gasteiger partial charge on any atom is 0.277 e. The molecular formula is C19H27ClN6O3. The smallest absolute Gasteiger partial charge is 0.277 e. The molecule has 0 aliphatic carbocycles. The molecular weight excluding hydrogens is 396 g/mol. The second kappa shape index (κ2) is 10.9. The van der Waals surface area contributed by atoms with Gasteiger partial charge in [-0.1, -0.05) is 5.21 Å². The first-order chi connectivity index (χ1) is 13.5. The molecule has 29 heavy (non-hydrogen) atoms. The molecule has 9 nitrogen and oxygen atoms in total. The molecule has 1 aliphatic heterocycles. The van der Waals surface area contributed by atoms with Crippen LogP contribution in [0.25, 0.3) is 0 Å². The molecule has 10 heteroatoms. The van der Waals surface area contributed by atoms with Crippen molar-refractivity contribution in [1.29, 1.82) is 0 Å². The van der Waals surface area contributed by atoms with Crippen LogP contribution in [0.2, 0.25) is 0 Å². The molecule has 1 fully saturated rings. The van der Waals surface area contributed by atoms with E-state index >= 15 is 0 Å². The minimum Gasteiger partial charge on any atom is -0.375 e. The van der Waals surface area contributed by atoms with E-state index in [9.17, 15) is 9.59 Å². The van der Waals surface area contributed by atoms with Crippen molar-refractivity contribution in [3.8, 4) is 0 Å². The highest BCUT2D eigenvalue weighted by molar-refractivity contribution is 6.03. The van der Waals surface area contributed by atoms with Crippen LogP contribution in [0.4, 0.5) is 11.4 Å².